The van der Waals surface area contributed by atoms with Crippen molar-refractivity contribution in [2.24, 2.45) is 0 Å². The third-order valence-corrected chi connectivity index (χ3v) is 0.750. The first-order chi connectivity index (χ1) is 7.45. The van der Waals surface area contributed by atoms with Crippen LogP contribution < -0.4 is 0 Å². The van der Waals surface area contributed by atoms with Crippen LogP contribution in [-0.2, 0) is 0 Å². The topological polar surface area (TPSA) is 0 Å². The Bertz CT molecular complexity index is 118. The van der Waals surface area contributed by atoms with Crippen LogP contribution in [0.3, 0.4) is 0 Å². The first kappa shape index (κ1) is 24.7. The van der Waals surface area contributed by atoms with Crippen LogP contribution in [0.5, 0.6) is 0 Å². The van der Waals surface area contributed by atoms with E-state index in [9.17, 15) is 0 Å². The van der Waals surface area contributed by atoms with E-state index in [0.717, 1.165) is 0 Å². The van der Waals surface area contributed by atoms with Crippen molar-refractivity contribution in [1.29, 1.82) is 0 Å². The third-order valence-electron chi connectivity index (χ3n) is 0.750. The second kappa shape index (κ2) is 29.3. The van der Waals surface area contributed by atoms with Crippen LogP contribution in [-0.4, -0.2) is 7.85 Å². The molecule has 0 fully saturated rings. The van der Waals surface area contributed by atoms with Crippen LogP contribution in [0.4, 0.5) is 0 Å². The summed E-state index contributed by atoms with van der Waals surface area (Å²) in [6, 6.07) is 0. The summed E-state index contributed by atoms with van der Waals surface area (Å²) in [5, 5.41) is 0. The van der Waals surface area contributed by atoms with Crippen LogP contribution in [0.25, 0.3) is 0 Å². The highest BCUT2D eigenvalue weighted by Crippen LogP contribution is 1.93. The summed E-state index contributed by atoms with van der Waals surface area (Å²) in [5.41, 5.74) is 2.71. The van der Waals surface area contributed by atoms with E-state index in [2.05, 4.69) is 75.4 Å². The maximum Gasteiger partial charge on any atom is 0.0606 e. The lowest BCUT2D eigenvalue weighted by atomic mass is 10.2. The Morgan fingerprint density at radius 1 is 0.688 bits per heavy atom. The van der Waals surface area contributed by atoms with Crippen molar-refractivity contribution < 1.29 is 0 Å². The second-order valence-corrected chi connectivity index (χ2v) is 3.90. The van der Waals surface area contributed by atoms with Gasteiger partial charge in [-0.15, -0.1) is 0 Å². The van der Waals surface area contributed by atoms with Crippen molar-refractivity contribution in [3.63, 3.8) is 0 Å². The Balaban J connectivity index is -0.0000000752. The molecule has 0 aliphatic heterocycles. The molecular weight excluding hydrogens is 191 g/mol. The van der Waals surface area contributed by atoms with E-state index in [-0.39, 0.29) is 0 Å². The molecule has 0 aliphatic rings. The molecule has 1 heteroatoms. The minimum atomic E-state index is 1.25. The van der Waals surface area contributed by atoms with Gasteiger partial charge in [0.2, 0.25) is 0 Å². The van der Waals surface area contributed by atoms with Gasteiger partial charge < -0.3 is 0 Å². The molecule has 16 heavy (non-hydrogen) atoms. The molecule has 0 spiro atoms. The summed E-state index contributed by atoms with van der Waals surface area (Å²) < 4.78 is 0. The highest BCUT2D eigenvalue weighted by molar-refractivity contribution is 6.05. The Morgan fingerprint density at radius 2 is 0.812 bits per heavy atom. The standard InChI is InChI=1S/C8H14.2C3H8.CH3B/c1-7(2)5-6-8(3)4;2*1-3-2;1-2/h5-6H,1-4H3;2*3H2,1-2H3;1H3. The molecule has 2 radical (unpaired) electrons. The van der Waals surface area contributed by atoms with E-state index in [1.807, 2.05) is 0 Å². The van der Waals surface area contributed by atoms with Crippen LogP contribution >= 0.6 is 0 Å². The Kier molecular flexibility index (Phi) is 45.2. The Labute approximate surface area is 107 Å². The molecule has 0 nitrogen and oxygen atoms in total. The fraction of sp³-hybridized carbons (Fsp3) is 0.733. The van der Waals surface area contributed by atoms with Gasteiger partial charge in [-0.1, -0.05) is 70.7 Å². The number of hydrogen-bond donors (Lipinski definition) is 0. The van der Waals surface area contributed by atoms with E-state index >= 15 is 0 Å². The van der Waals surface area contributed by atoms with Crippen molar-refractivity contribution in [2.75, 3.05) is 0 Å². The predicted octanol–water partition coefficient (Wildman–Crippen LogP) is 5.95. The number of allylic oxidation sites excluding steroid dienone is 4. The van der Waals surface area contributed by atoms with Gasteiger partial charge in [-0.3, -0.25) is 0 Å². The van der Waals surface area contributed by atoms with Gasteiger partial charge in [0.25, 0.3) is 0 Å². The van der Waals surface area contributed by atoms with Crippen molar-refractivity contribution in [3.05, 3.63) is 23.3 Å². The van der Waals surface area contributed by atoms with E-state index in [4.69, 9.17) is 0 Å². The van der Waals surface area contributed by atoms with Crippen LogP contribution in [0.1, 0.15) is 68.2 Å². The zero-order valence-electron chi connectivity index (χ0n) is 13.1. The highest BCUT2D eigenvalue weighted by atomic mass is 13.8. The molecule has 0 rings (SSSR count). The lowest BCUT2D eigenvalue weighted by molar-refractivity contribution is 1.09. The van der Waals surface area contributed by atoms with Gasteiger partial charge in [0.1, 0.15) is 0 Å². The normalized spacial score (nSPS) is 6.56. The maximum absolute atomic E-state index is 4.50. The summed E-state index contributed by atoms with van der Waals surface area (Å²) in [7, 11) is 4.50. The number of rotatable bonds is 1. The van der Waals surface area contributed by atoms with Gasteiger partial charge in [-0.2, -0.15) is 0 Å². The molecule has 0 aromatic rings. The van der Waals surface area contributed by atoms with E-state index in [0.29, 0.717) is 0 Å². The summed E-state index contributed by atoms with van der Waals surface area (Å²) in [5.74, 6) is 0. The molecule has 0 atom stereocenters. The van der Waals surface area contributed by atoms with Gasteiger partial charge in [0.05, 0.1) is 7.85 Å². The average Bonchev–Trinajstić information content (AvgIpc) is 2.20. The van der Waals surface area contributed by atoms with Gasteiger partial charge >= 0.3 is 0 Å². The maximum atomic E-state index is 4.50. The second-order valence-electron chi connectivity index (χ2n) is 3.90. The molecule has 0 bridgehead atoms. The first-order valence-corrected chi connectivity index (χ1v) is 6.32. The Hall–Kier alpha value is -0.455. The molecule has 0 aromatic carbocycles. The monoisotopic (exact) mass is 224 g/mol. The third kappa shape index (κ3) is 103. The SMILES string of the molecule is CC(C)=CC=C(C)C.CCC.CCC.[B]C. The fourth-order valence-corrected chi connectivity index (χ4v) is 0.333. The molecule has 0 saturated heterocycles. The molecule has 96 valence electrons. The minimum absolute atomic E-state index is 1.25. The molecule has 0 saturated carbocycles. The molecule has 0 aliphatic carbocycles. The summed E-state index contributed by atoms with van der Waals surface area (Å²) in [4.78, 5) is 0. The van der Waals surface area contributed by atoms with Gasteiger partial charge in [0.15, 0.2) is 0 Å². The van der Waals surface area contributed by atoms with Gasteiger partial charge in [-0.25, -0.2) is 0 Å². The summed E-state index contributed by atoms with van der Waals surface area (Å²) in [6.07, 6.45) is 6.74. The average molecular weight is 224 g/mol. The molecule has 0 unspecified atom stereocenters. The molecule has 0 N–H and O–H groups in total. The molecule has 0 aromatic heterocycles. The number of hydrogen-bond acceptors (Lipinski definition) is 0. The smallest absolute Gasteiger partial charge is 0.0606 e. The zero-order chi connectivity index (χ0) is 14.0. The van der Waals surface area contributed by atoms with E-state index in [1.54, 1.807) is 0 Å². The predicted molar refractivity (Wildman–Crippen MR) is 82.4 cm³/mol. The quantitative estimate of drug-likeness (QED) is 0.381. The lowest BCUT2D eigenvalue weighted by Crippen LogP contribution is -1.62. The van der Waals surface area contributed by atoms with Crippen molar-refractivity contribution in [2.45, 2.75) is 75.1 Å². The van der Waals surface area contributed by atoms with Crippen molar-refractivity contribution >= 4 is 7.85 Å². The van der Waals surface area contributed by atoms with Gasteiger partial charge in [0, 0.05) is 0 Å². The minimum Gasteiger partial charge on any atom is -0.0999 e. The first-order valence-electron chi connectivity index (χ1n) is 6.32. The van der Waals surface area contributed by atoms with Crippen molar-refractivity contribution in [3.8, 4) is 0 Å². The molecule has 0 amide bonds. The Morgan fingerprint density at radius 3 is 0.875 bits per heavy atom. The van der Waals surface area contributed by atoms with Gasteiger partial charge in [-0.05, 0) is 27.7 Å². The highest BCUT2D eigenvalue weighted by Gasteiger charge is 1.71. The molecule has 0 heterocycles. The summed E-state index contributed by atoms with van der Waals surface area (Å²) in [6.45, 7) is 18.4. The zero-order valence-corrected chi connectivity index (χ0v) is 13.1. The van der Waals surface area contributed by atoms with Crippen molar-refractivity contribution in [1.82, 2.24) is 0 Å². The van der Waals surface area contributed by atoms with E-state index in [1.165, 1.54) is 30.8 Å². The van der Waals surface area contributed by atoms with Crippen LogP contribution in [0, 0.1) is 0 Å². The summed E-state index contributed by atoms with van der Waals surface area (Å²) >= 11 is 0. The lowest BCUT2D eigenvalue weighted by Gasteiger charge is -1.84. The largest absolute Gasteiger partial charge is 0.0999 e. The molecular formula is C15H33B. The van der Waals surface area contributed by atoms with E-state index < -0.39 is 0 Å². The fourth-order valence-electron chi connectivity index (χ4n) is 0.333. The van der Waals surface area contributed by atoms with Crippen LogP contribution in [0.15, 0.2) is 23.3 Å². The van der Waals surface area contributed by atoms with Crippen LogP contribution in [0.2, 0.25) is 6.82 Å².